The summed E-state index contributed by atoms with van der Waals surface area (Å²) in [4.78, 5) is 12.2. The number of likely N-dealkylation sites (N-methyl/N-ethyl adjacent to an activating group) is 1. The van der Waals surface area contributed by atoms with Crippen molar-refractivity contribution in [3.05, 3.63) is 46.8 Å². The van der Waals surface area contributed by atoms with Gasteiger partial charge in [0.15, 0.2) is 0 Å². The molecule has 0 aliphatic heterocycles. The quantitative estimate of drug-likeness (QED) is 0.927. The maximum Gasteiger partial charge on any atom is 0.251 e. The first kappa shape index (κ1) is 13.4. The van der Waals surface area contributed by atoms with Gasteiger partial charge in [0.05, 0.1) is 5.52 Å². The summed E-state index contributed by atoms with van der Waals surface area (Å²) >= 11 is 0. The molecule has 0 radical (unpaired) electrons. The lowest BCUT2D eigenvalue weighted by Crippen LogP contribution is -2.39. The number of hydrogen-bond acceptors (Lipinski definition) is 2. The highest BCUT2D eigenvalue weighted by Crippen LogP contribution is 2.28. The van der Waals surface area contributed by atoms with Gasteiger partial charge in [0.25, 0.3) is 5.56 Å². The maximum atomic E-state index is 12.2. The summed E-state index contributed by atoms with van der Waals surface area (Å²) in [6.45, 7) is 0.765. The molecule has 3 nitrogen and oxygen atoms in total. The minimum Gasteiger partial charge on any atom is -0.315 e. The standard InChI is InChI=1S/C17H22N2O/c1-18-15(13-6-2-3-7-13)12-19-16-9-5-4-8-14(16)10-11-17(19)20/h4-5,8-11,13,15,18H,2-3,6-7,12H2,1H3. The molecule has 0 amide bonds. The van der Waals surface area contributed by atoms with Crippen LogP contribution in [0, 0.1) is 5.92 Å². The molecule has 20 heavy (non-hydrogen) atoms. The van der Waals surface area contributed by atoms with Gasteiger partial charge in [-0.3, -0.25) is 4.79 Å². The Morgan fingerprint density at radius 3 is 2.70 bits per heavy atom. The molecule has 1 saturated carbocycles. The Morgan fingerprint density at radius 1 is 1.20 bits per heavy atom. The van der Waals surface area contributed by atoms with Crippen LogP contribution in [0.1, 0.15) is 25.7 Å². The first-order valence-corrected chi connectivity index (χ1v) is 7.55. The highest BCUT2D eigenvalue weighted by molar-refractivity contribution is 5.78. The number of pyridine rings is 1. The molecule has 3 heteroatoms. The summed E-state index contributed by atoms with van der Waals surface area (Å²) in [5.41, 5.74) is 1.14. The lowest BCUT2D eigenvalue weighted by molar-refractivity contribution is 0.340. The Morgan fingerprint density at radius 2 is 1.95 bits per heavy atom. The van der Waals surface area contributed by atoms with E-state index in [-0.39, 0.29) is 5.56 Å². The first-order chi connectivity index (χ1) is 9.79. The fourth-order valence-electron chi connectivity index (χ4n) is 3.46. The molecule has 1 aromatic carbocycles. The van der Waals surface area contributed by atoms with Crippen LogP contribution in [0.25, 0.3) is 10.9 Å². The number of rotatable bonds is 4. The number of benzene rings is 1. The highest BCUT2D eigenvalue weighted by Gasteiger charge is 2.24. The van der Waals surface area contributed by atoms with E-state index in [4.69, 9.17) is 0 Å². The predicted molar refractivity (Wildman–Crippen MR) is 83.0 cm³/mol. The van der Waals surface area contributed by atoms with Crippen LogP contribution in [-0.2, 0) is 6.54 Å². The topological polar surface area (TPSA) is 34.0 Å². The number of aromatic nitrogens is 1. The number of nitrogens with zero attached hydrogens (tertiary/aromatic N) is 1. The second-order valence-electron chi connectivity index (χ2n) is 5.78. The van der Waals surface area contributed by atoms with Crippen molar-refractivity contribution in [1.29, 1.82) is 0 Å². The van der Waals surface area contributed by atoms with Gasteiger partial charge >= 0.3 is 0 Å². The summed E-state index contributed by atoms with van der Waals surface area (Å²) < 4.78 is 1.93. The Balaban J connectivity index is 1.96. The number of nitrogens with one attached hydrogen (secondary N) is 1. The third-order valence-electron chi connectivity index (χ3n) is 4.62. The van der Waals surface area contributed by atoms with E-state index in [0.717, 1.165) is 17.4 Å². The normalized spacial score (nSPS) is 17.6. The van der Waals surface area contributed by atoms with Gasteiger partial charge in [0, 0.05) is 18.7 Å². The van der Waals surface area contributed by atoms with E-state index in [1.54, 1.807) is 6.07 Å². The summed E-state index contributed by atoms with van der Waals surface area (Å²) in [7, 11) is 2.01. The van der Waals surface area contributed by atoms with Gasteiger partial charge in [0.2, 0.25) is 0 Å². The molecule has 1 atom stereocenters. The minimum absolute atomic E-state index is 0.0990. The molecule has 0 bridgehead atoms. The van der Waals surface area contributed by atoms with Crippen molar-refractivity contribution in [2.45, 2.75) is 38.3 Å². The lowest BCUT2D eigenvalue weighted by atomic mass is 9.98. The van der Waals surface area contributed by atoms with Gasteiger partial charge in [-0.2, -0.15) is 0 Å². The largest absolute Gasteiger partial charge is 0.315 e. The molecule has 1 heterocycles. The summed E-state index contributed by atoms with van der Waals surface area (Å²) in [5.74, 6) is 0.700. The molecular formula is C17H22N2O. The molecular weight excluding hydrogens is 248 g/mol. The van der Waals surface area contributed by atoms with E-state index in [1.807, 2.05) is 35.9 Å². The maximum absolute atomic E-state index is 12.2. The molecule has 106 valence electrons. The average molecular weight is 270 g/mol. The van der Waals surface area contributed by atoms with Crippen molar-refractivity contribution >= 4 is 10.9 Å². The van der Waals surface area contributed by atoms with Crippen molar-refractivity contribution in [1.82, 2.24) is 9.88 Å². The van der Waals surface area contributed by atoms with Crippen molar-refractivity contribution in [2.75, 3.05) is 7.05 Å². The number of hydrogen-bond donors (Lipinski definition) is 1. The van der Waals surface area contributed by atoms with E-state index in [1.165, 1.54) is 25.7 Å². The third kappa shape index (κ3) is 2.50. The Bertz CT molecular complexity index is 641. The van der Waals surface area contributed by atoms with Crippen LogP contribution in [0.4, 0.5) is 0 Å². The van der Waals surface area contributed by atoms with Crippen LogP contribution in [0.3, 0.4) is 0 Å². The molecule has 1 fully saturated rings. The molecule has 1 aromatic heterocycles. The first-order valence-electron chi connectivity index (χ1n) is 7.55. The second-order valence-corrected chi connectivity index (χ2v) is 5.78. The zero-order valence-corrected chi connectivity index (χ0v) is 12.0. The molecule has 1 aliphatic carbocycles. The lowest BCUT2D eigenvalue weighted by Gasteiger charge is -2.24. The van der Waals surface area contributed by atoms with Gasteiger partial charge in [0.1, 0.15) is 0 Å². The van der Waals surface area contributed by atoms with Crippen LogP contribution in [0.5, 0.6) is 0 Å². The van der Waals surface area contributed by atoms with Crippen LogP contribution < -0.4 is 10.9 Å². The molecule has 0 saturated heterocycles. The Kier molecular flexibility index (Phi) is 3.88. The average Bonchev–Trinajstić information content (AvgIpc) is 3.00. The van der Waals surface area contributed by atoms with Gasteiger partial charge in [-0.05, 0) is 43.3 Å². The van der Waals surface area contributed by atoms with Gasteiger partial charge < -0.3 is 9.88 Å². The van der Waals surface area contributed by atoms with Crippen LogP contribution in [-0.4, -0.2) is 17.7 Å². The summed E-state index contributed by atoms with van der Waals surface area (Å²) in [6, 6.07) is 12.1. The zero-order chi connectivity index (χ0) is 13.9. The molecule has 2 aromatic rings. The molecule has 0 spiro atoms. The third-order valence-corrected chi connectivity index (χ3v) is 4.62. The SMILES string of the molecule is CNC(Cn1c(=O)ccc2ccccc21)C1CCCC1. The van der Waals surface area contributed by atoms with E-state index in [0.29, 0.717) is 12.0 Å². The Labute approximate surface area is 119 Å². The van der Waals surface area contributed by atoms with Crippen LogP contribution in [0.15, 0.2) is 41.2 Å². The monoisotopic (exact) mass is 270 g/mol. The Hall–Kier alpha value is -1.61. The van der Waals surface area contributed by atoms with Crippen LogP contribution in [0.2, 0.25) is 0 Å². The van der Waals surface area contributed by atoms with Crippen LogP contribution >= 0.6 is 0 Å². The van der Waals surface area contributed by atoms with E-state index in [2.05, 4.69) is 11.4 Å². The van der Waals surface area contributed by atoms with Crippen molar-refractivity contribution in [2.24, 2.45) is 5.92 Å². The molecule has 1 aliphatic rings. The van der Waals surface area contributed by atoms with Gasteiger partial charge in [-0.15, -0.1) is 0 Å². The minimum atomic E-state index is 0.0990. The number of para-hydroxylation sites is 1. The summed E-state index contributed by atoms with van der Waals surface area (Å²) in [5, 5.41) is 4.56. The molecule has 3 rings (SSSR count). The summed E-state index contributed by atoms with van der Waals surface area (Å²) in [6.07, 6.45) is 5.22. The van der Waals surface area contributed by atoms with E-state index >= 15 is 0 Å². The van der Waals surface area contributed by atoms with Gasteiger partial charge in [-0.1, -0.05) is 31.0 Å². The fraction of sp³-hybridized carbons (Fsp3) is 0.471. The van der Waals surface area contributed by atoms with Crippen molar-refractivity contribution in [3.8, 4) is 0 Å². The van der Waals surface area contributed by atoms with Gasteiger partial charge in [-0.25, -0.2) is 0 Å². The molecule has 1 N–H and O–H groups in total. The fourth-order valence-corrected chi connectivity index (χ4v) is 3.46. The van der Waals surface area contributed by atoms with Crippen molar-refractivity contribution < 1.29 is 0 Å². The zero-order valence-electron chi connectivity index (χ0n) is 12.0. The van der Waals surface area contributed by atoms with E-state index in [9.17, 15) is 4.79 Å². The number of fused-ring (bicyclic) bond motifs is 1. The van der Waals surface area contributed by atoms with E-state index < -0.39 is 0 Å². The second kappa shape index (κ2) is 5.80. The highest BCUT2D eigenvalue weighted by atomic mass is 16.1. The van der Waals surface area contributed by atoms with Crippen molar-refractivity contribution in [3.63, 3.8) is 0 Å². The molecule has 1 unspecified atom stereocenters. The predicted octanol–water partition coefficient (Wildman–Crippen LogP) is 2.78. The smallest absolute Gasteiger partial charge is 0.251 e.